The number of carbonyl (C=O) groups is 2. The number of hydrogen-bond acceptors (Lipinski definition) is 4. The van der Waals surface area contributed by atoms with Crippen molar-refractivity contribution >= 4 is 28.4 Å². The molecule has 1 amide bonds. The van der Waals surface area contributed by atoms with Gasteiger partial charge in [0, 0.05) is 29.2 Å². The number of fused-ring (bicyclic) bond motifs is 1. The lowest BCUT2D eigenvalue weighted by Gasteiger charge is -2.23. The topological polar surface area (TPSA) is 86.5 Å². The molecule has 154 valence electrons. The lowest BCUT2D eigenvalue weighted by atomic mass is 9.99. The predicted octanol–water partition coefficient (Wildman–Crippen LogP) is 4.43. The largest absolute Gasteiger partial charge is 0.507 e. The molecular weight excluding hydrogens is 392 g/mol. The van der Waals surface area contributed by atoms with Gasteiger partial charge in [-0.15, -0.1) is 0 Å². The summed E-state index contributed by atoms with van der Waals surface area (Å²) in [6.07, 6.45) is 3.98. The van der Waals surface area contributed by atoms with Crippen LogP contribution >= 0.6 is 0 Å². The second-order valence-corrected chi connectivity index (χ2v) is 7.48. The number of H-pyrrole nitrogens is 1. The van der Waals surface area contributed by atoms with E-state index in [-0.39, 0.29) is 11.3 Å². The summed E-state index contributed by atoms with van der Waals surface area (Å²) in [5.41, 5.74) is 2.60. The molecule has 0 saturated carbocycles. The molecule has 1 saturated heterocycles. The third kappa shape index (κ3) is 3.22. The van der Waals surface area contributed by atoms with Gasteiger partial charge in [0.1, 0.15) is 17.6 Å². The second-order valence-electron chi connectivity index (χ2n) is 7.48. The zero-order chi connectivity index (χ0) is 21.4. The first-order valence-electron chi connectivity index (χ1n) is 10.1. The fraction of sp³-hybridized carbons (Fsp3) is 0.120. The zero-order valence-corrected chi connectivity index (χ0v) is 16.6. The van der Waals surface area contributed by atoms with Crippen LogP contribution in [-0.4, -0.2) is 33.2 Å². The molecule has 4 aromatic rings. The molecule has 0 radical (unpaired) electrons. The van der Waals surface area contributed by atoms with Gasteiger partial charge in [0.05, 0.1) is 11.8 Å². The predicted molar refractivity (Wildman–Crippen MR) is 116 cm³/mol. The Morgan fingerprint density at radius 3 is 2.55 bits per heavy atom. The number of carbonyl (C=O) groups excluding carboxylic acids is 2. The minimum atomic E-state index is -0.777. The third-order valence-electron chi connectivity index (χ3n) is 5.70. The van der Waals surface area contributed by atoms with E-state index in [9.17, 15) is 14.7 Å². The molecule has 0 aliphatic carbocycles. The number of aliphatic hydroxyl groups excluding tert-OH is 1. The molecule has 1 unspecified atom stereocenters. The van der Waals surface area contributed by atoms with E-state index < -0.39 is 17.7 Å². The van der Waals surface area contributed by atoms with Gasteiger partial charge in [-0.05, 0) is 30.2 Å². The molecule has 1 aliphatic heterocycles. The Balaban J connectivity index is 1.53. The fourth-order valence-corrected chi connectivity index (χ4v) is 4.18. The number of nitrogens with zero attached hydrogens (tertiary/aromatic N) is 1. The molecule has 2 aromatic heterocycles. The summed E-state index contributed by atoms with van der Waals surface area (Å²) in [6.45, 7) is 0.309. The lowest BCUT2D eigenvalue weighted by Crippen LogP contribution is -2.31. The summed E-state index contributed by atoms with van der Waals surface area (Å²) in [4.78, 5) is 30.6. The smallest absolute Gasteiger partial charge is 0.295 e. The molecule has 2 aromatic carbocycles. The van der Waals surface area contributed by atoms with Crippen LogP contribution in [0.1, 0.15) is 22.9 Å². The average molecular weight is 412 g/mol. The minimum Gasteiger partial charge on any atom is -0.507 e. The van der Waals surface area contributed by atoms with Crippen molar-refractivity contribution in [1.29, 1.82) is 0 Å². The number of amides is 1. The number of furan rings is 1. The van der Waals surface area contributed by atoms with Crippen molar-refractivity contribution < 1.29 is 19.1 Å². The van der Waals surface area contributed by atoms with E-state index in [0.717, 1.165) is 16.5 Å². The van der Waals surface area contributed by atoms with Crippen LogP contribution in [-0.2, 0) is 16.0 Å². The number of likely N-dealkylation sites (tertiary alicyclic amines) is 1. The highest BCUT2D eigenvalue weighted by Crippen LogP contribution is 2.39. The minimum absolute atomic E-state index is 0.0464. The molecule has 6 heteroatoms. The average Bonchev–Trinajstić information content (AvgIpc) is 3.53. The molecule has 0 bridgehead atoms. The summed E-state index contributed by atoms with van der Waals surface area (Å²) >= 11 is 0. The Bertz CT molecular complexity index is 1290. The van der Waals surface area contributed by atoms with Crippen molar-refractivity contribution in [3.63, 3.8) is 0 Å². The maximum absolute atomic E-state index is 13.0. The Kier molecular flexibility index (Phi) is 4.67. The maximum atomic E-state index is 13.0. The summed E-state index contributed by atoms with van der Waals surface area (Å²) < 4.78 is 5.57. The van der Waals surface area contributed by atoms with E-state index in [1.165, 1.54) is 11.2 Å². The monoisotopic (exact) mass is 412 g/mol. The van der Waals surface area contributed by atoms with Crippen LogP contribution in [0.15, 0.2) is 89.2 Å². The number of benzene rings is 2. The summed E-state index contributed by atoms with van der Waals surface area (Å²) in [7, 11) is 0. The van der Waals surface area contributed by atoms with Gasteiger partial charge >= 0.3 is 0 Å². The van der Waals surface area contributed by atoms with Crippen LogP contribution < -0.4 is 0 Å². The number of hydrogen-bond donors (Lipinski definition) is 2. The van der Waals surface area contributed by atoms with Gasteiger partial charge in [-0.2, -0.15) is 0 Å². The number of Topliss-reactive ketones (excluding diaryl/α,β-unsaturated/α-hetero) is 1. The SMILES string of the molecule is O=C1C(=O)N(CCc2c[nH]c3ccccc23)C(c2ccco2)/C1=C(\O)c1ccccc1. The van der Waals surface area contributed by atoms with Crippen LogP contribution in [0.4, 0.5) is 0 Å². The van der Waals surface area contributed by atoms with Gasteiger partial charge < -0.3 is 19.4 Å². The van der Waals surface area contributed by atoms with E-state index in [2.05, 4.69) is 4.98 Å². The highest BCUT2D eigenvalue weighted by atomic mass is 16.3. The second kappa shape index (κ2) is 7.65. The van der Waals surface area contributed by atoms with Crippen LogP contribution in [0.25, 0.3) is 16.7 Å². The molecule has 1 fully saturated rings. The van der Waals surface area contributed by atoms with Gasteiger partial charge in [0.15, 0.2) is 0 Å². The number of para-hydroxylation sites is 1. The highest BCUT2D eigenvalue weighted by Gasteiger charge is 2.47. The van der Waals surface area contributed by atoms with Crippen LogP contribution in [0.5, 0.6) is 0 Å². The van der Waals surface area contributed by atoms with Crippen molar-refractivity contribution in [2.75, 3.05) is 6.54 Å². The van der Waals surface area contributed by atoms with Crippen molar-refractivity contribution in [3.05, 3.63) is 102 Å². The van der Waals surface area contributed by atoms with E-state index in [0.29, 0.717) is 24.3 Å². The molecule has 3 heterocycles. The first-order chi connectivity index (χ1) is 15.1. The van der Waals surface area contributed by atoms with Gasteiger partial charge in [-0.1, -0.05) is 48.5 Å². The van der Waals surface area contributed by atoms with Gasteiger partial charge in [-0.3, -0.25) is 9.59 Å². The van der Waals surface area contributed by atoms with Crippen LogP contribution in [0.2, 0.25) is 0 Å². The first-order valence-corrected chi connectivity index (χ1v) is 10.1. The molecule has 5 rings (SSSR count). The summed E-state index contributed by atoms with van der Waals surface area (Å²) in [5, 5.41) is 12.0. The molecule has 1 atom stereocenters. The van der Waals surface area contributed by atoms with Crippen molar-refractivity contribution in [2.24, 2.45) is 0 Å². The summed E-state index contributed by atoms with van der Waals surface area (Å²) in [6, 6.07) is 19.3. The zero-order valence-electron chi connectivity index (χ0n) is 16.6. The Morgan fingerprint density at radius 2 is 1.77 bits per heavy atom. The van der Waals surface area contributed by atoms with Gasteiger partial charge in [0.25, 0.3) is 11.7 Å². The van der Waals surface area contributed by atoms with Crippen LogP contribution in [0, 0.1) is 0 Å². The molecule has 0 spiro atoms. The number of nitrogens with one attached hydrogen (secondary N) is 1. The molecular formula is C25H20N2O4. The fourth-order valence-electron chi connectivity index (χ4n) is 4.18. The molecule has 31 heavy (non-hydrogen) atoms. The number of rotatable bonds is 5. The lowest BCUT2D eigenvalue weighted by molar-refractivity contribution is -0.140. The third-order valence-corrected chi connectivity index (χ3v) is 5.70. The number of aromatic nitrogens is 1. The van der Waals surface area contributed by atoms with E-state index in [1.807, 2.05) is 36.5 Å². The van der Waals surface area contributed by atoms with Gasteiger partial charge in [-0.25, -0.2) is 0 Å². The van der Waals surface area contributed by atoms with E-state index in [1.54, 1.807) is 36.4 Å². The Morgan fingerprint density at radius 1 is 1.00 bits per heavy atom. The molecule has 2 N–H and O–H groups in total. The first kappa shape index (κ1) is 18.9. The standard InChI is InChI=1S/C25H20N2O4/c28-23(16-7-2-1-3-8-16)21-22(20-11-6-14-31-20)27(25(30)24(21)29)13-12-17-15-26-19-10-5-4-9-18(17)19/h1-11,14-15,22,26,28H,12-13H2/b23-21+. The van der Waals surface area contributed by atoms with E-state index >= 15 is 0 Å². The Labute approximate surface area is 178 Å². The van der Waals surface area contributed by atoms with Gasteiger partial charge in [0.2, 0.25) is 0 Å². The van der Waals surface area contributed by atoms with Crippen molar-refractivity contribution in [1.82, 2.24) is 9.88 Å². The maximum Gasteiger partial charge on any atom is 0.295 e. The van der Waals surface area contributed by atoms with E-state index in [4.69, 9.17) is 4.42 Å². The number of aromatic amines is 1. The number of ketones is 1. The highest BCUT2D eigenvalue weighted by molar-refractivity contribution is 6.46. The van der Waals surface area contributed by atoms with Crippen molar-refractivity contribution in [3.8, 4) is 0 Å². The van der Waals surface area contributed by atoms with Crippen LogP contribution in [0.3, 0.4) is 0 Å². The molecule has 6 nitrogen and oxygen atoms in total. The normalized spacial score (nSPS) is 18.2. The molecule has 1 aliphatic rings. The quantitative estimate of drug-likeness (QED) is 0.289. The Hall–Kier alpha value is -4.06. The summed E-state index contributed by atoms with van der Waals surface area (Å²) in [5.74, 6) is -1.11. The number of aliphatic hydroxyl groups is 1. The van der Waals surface area contributed by atoms with Crippen molar-refractivity contribution in [2.45, 2.75) is 12.5 Å².